The number of phenols is 2. The molecule has 0 spiro atoms. The molecule has 0 atom stereocenters. The number of rotatable bonds is 6. The van der Waals surface area contributed by atoms with Crippen molar-refractivity contribution in [3.63, 3.8) is 0 Å². The molecule has 5 N–H and O–H groups in total. The van der Waals surface area contributed by atoms with Crippen LogP contribution in [0.5, 0.6) is 11.5 Å². The van der Waals surface area contributed by atoms with Gasteiger partial charge in [0.2, 0.25) is 5.91 Å². The second kappa shape index (κ2) is 7.69. The lowest BCUT2D eigenvalue weighted by atomic mass is 10.2. The third-order valence-electron chi connectivity index (χ3n) is 3.08. The van der Waals surface area contributed by atoms with E-state index in [9.17, 15) is 34.7 Å². The van der Waals surface area contributed by atoms with Gasteiger partial charge in [-0.05, 0) is 0 Å². The molecule has 13 nitrogen and oxygen atoms in total. The Kier molecular flexibility index (Phi) is 5.42. The van der Waals surface area contributed by atoms with Crippen LogP contribution in [0.4, 0.5) is 5.69 Å². The molecule has 0 saturated heterocycles. The Morgan fingerprint density at radius 1 is 1.35 bits per heavy atom. The number of phenolic OH excluding ortho intramolecular Hbond substituents is 2. The van der Waals surface area contributed by atoms with E-state index < -0.39 is 39.3 Å². The fourth-order valence-electron chi connectivity index (χ4n) is 1.83. The van der Waals surface area contributed by atoms with Crippen molar-refractivity contribution in [2.75, 3.05) is 0 Å². The number of hydrogen-bond donors (Lipinski definition) is 5. The van der Waals surface area contributed by atoms with Gasteiger partial charge in [-0.1, -0.05) is 0 Å². The summed E-state index contributed by atoms with van der Waals surface area (Å²) in [5.74, 6) is -1.80. The summed E-state index contributed by atoms with van der Waals surface area (Å²) in [5, 5.41) is 38.7. The first-order valence-corrected chi connectivity index (χ1v) is 6.98. The molecule has 1 aromatic heterocycles. The van der Waals surface area contributed by atoms with E-state index in [2.05, 4.69) is 15.6 Å². The zero-order valence-corrected chi connectivity index (χ0v) is 12.9. The summed E-state index contributed by atoms with van der Waals surface area (Å²) in [6.45, 7) is 0. The normalized spacial score (nSPS) is 10.8. The third kappa shape index (κ3) is 4.50. The second-order valence-corrected chi connectivity index (χ2v) is 4.90. The summed E-state index contributed by atoms with van der Waals surface area (Å²) in [6, 6.07) is 1.65. The maximum absolute atomic E-state index is 11.7. The van der Waals surface area contributed by atoms with Gasteiger partial charge in [-0.2, -0.15) is 10.2 Å². The number of aryl methyl sites for hydroxylation is 1. The maximum Gasteiger partial charge on any atom is 0.342 e. The minimum atomic E-state index is -0.848. The van der Waals surface area contributed by atoms with Gasteiger partial charge in [-0.3, -0.25) is 24.7 Å². The molecule has 0 radical (unpaired) electrons. The highest BCUT2D eigenvalue weighted by atomic mass is 16.6. The van der Waals surface area contributed by atoms with Crippen LogP contribution >= 0.6 is 0 Å². The molecule has 0 bridgehead atoms. The first-order valence-electron chi connectivity index (χ1n) is 6.98. The van der Waals surface area contributed by atoms with E-state index in [1.807, 2.05) is 10.1 Å². The minimum absolute atomic E-state index is 0.0458. The van der Waals surface area contributed by atoms with Crippen LogP contribution < -0.4 is 16.7 Å². The number of benzene rings is 1. The summed E-state index contributed by atoms with van der Waals surface area (Å²) >= 11 is 0. The Balaban J connectivity index is 1.98. The molecule has 1 aromatic carbocycles. The number of nitrogens with one attached hydrogen (secondary N) is 3. The lowest BCUT2D eigenvalue weighted by molar-refractivity contribution is -0.385. The van der Waals surface area contributed by atoms with Gasteiger partial charge < -0.3 is 10.2 Å². The van der Waals surface area contributed by atoms with Gasteiger partial charge >= 0.3 is 11.4 Å². The van der Waals surface area contributed by atoms with Gasteiger partial charge in [-0.25, -0.2) is 15.3 Å². The van der Waals surface area contributed by atoms with E-state index in [4.69, 9.17) is 0 Å². The van der Waals surface area contributed by atoms with Crippen molar-refractivity contribution < 1.29 is 19.9 Å². The van der Waals surface area contributed by atoms with E-state index in [1.54, 1.807) is 0 Å². The van der Waals surface area contributed by atoms with Gasteiger partial charge in [0.1, 0.15) is 11.4 Å². The van der Waals surface area contributed by atoms with E-state index in [-0.39, 0.29) is 24.1 Å². The fourth-order valence-corrected chi connectivity index (χ4v) is 1.83. The van der Waals surface area contributed by atoms with Crippen LogP contribution in [0.2, 0.25) is 0 Å². The molecule has 0 aliphatic rings. The molecule has 1 heterocycles. The molecule has 2 aromatic rings. The number of aromatic amines is 2. The number of nitro groups is 1. The lowest BCUT2D eigenvalue weighted by Gasteiger charge is -2.02. The van der Waals surface area contributed by atoms with E-state index in [0.717, 1.165) is 18.3 Å². The second-order valence-electron chi connectivity index (χ2n) is 4.90. The predicted octanol–water partition coefficient (Wildman–Crippen LogP) is -1.14. The standard InChI is InChI=1S/C13H12N6O7/c20-9-4-10(21)8(19(25)26)3-6(9)5-14-17-11(22)2-1-7-12(23)15-13(24)18-16-7/h3-5,20-21H,1-2H2,(H,17,22)(H2,15,18,23,24)/b14-5+. The minimum Gasteiger partial charge on any atom is -0.507 e. The summed E-state index contributed by atoms with van der Waals surface area (Å²) in [5.41, 5.74) is -0.175. The van der Waals surface area contributed by atoms with Crippen molar-refractivity contribution in [3.05, 3.63) is 54.3 Å². The molecular weight excluding hydrogens is 352 g/mol. The van der Waals surface area contributed by atoms with Crippen molar-refractivity contribution in [3.8, 4) is 11.5 Å². The van der Waals surface area contributed by atoms with Gasteiger partial charge in [0, 0.05) is 30.5 Å². The summed E-state index contributed by atoms with van der Waals surface area (Å²) in [6.07, 6.45) is 0.704. The number of carbonyl (C=O) groups excluding carboxylic acids is 1. The number of carbonyl (C=O) groups is 1. The molecule has 13 heteroatoms. The van der Waals surface area contributed by atoms with Crippen LogP contribution in [-0.4, -0.2) is 42.4 Å². The summed E-state index contributed by atoms with van der Waals surface area (Å²) in [4.78, 5) is 45.7. The lowest BCUT2D eigenvalue weighted by Crippen LogP contribution is -2.28. The van der Waals surface area contributed by atoms with Crippen molar-refractivity contribution in [1.82, 2.24) is 20.6 Å². The summed E-state index contributed by atoms with van der Waals surface area (Å²) in [7, 11) is 0. The highest BCUT2D eigenvalue weighted by Gasteiger charge is 2.16. The van der Waals surface area contributed by atoms with Gasteiger partial charge in [0.25, 0.3) is 5.56 Å². The molecule has 0 saturated carbocycles. The van der Waals surface area contributed by atoms with Crippen LogP contribution in [-0.2, 0) is 11.2 Å². The maximum atomic E-state index is 11.7. The molecule has 0 aliphatic carbocycles. The monoisotopic (exact) mass is 364 g/mol. The highest BCUT2D eigenvalue weighted by molar-refractivity contribution is 5.86. The van der Waals surface area contributed by atoms with Crippen molar-refractivity contribution in [1.29, 1.82) is 0 Å². The molecule has 0 fully saturated rings. The SMILES string of the molecule is O=C(CCc1n[nH]c(=O)[nH]c1=O)N/N=C/c1cc([N+](=O)[O-])c(O)cc1O. The topological polar surface area (TPSA) is 204 Å². The molecule has 0 unspecified atom stereocenters. The van der Waals surface area contributed by atoms with Crippen LogP contribution in [0.15, 0.2) is 26.8 Å². The number of H-pyrrole nitrogens is 2. The van der Waals surface area contributed by atoms with Crippen molar-refractivity contribution in [2.45, 2.75) is 12.8 Å². The van der Waals surface area contributed by atoms with E-state index in [0.29, 0.717) is 0 Å². The third-order valence-corrected chi connectivity index (χ3v) is 3.08. The molecule has 26 heavy (non-hydrogen) atoms. The number of aromatic nitrogens is 3. The predicted molar refractivity (Wildman–Crippen MR) is 86.0 cm³/mol. The summed E-state index contributed by atoms with van der Waals surface area (Å²) < 4.78 is 0. The Bertz CT molecular complexity index is 993. The average molecular weight is 364 g/mol. The number of nitro benzene ring substituents is 1. The Morgan fingerprint density at radius 3 is 2.73 bits per heavy atom. The van der Waals surface area contributed by atoms with Gasteiger partial charge in [0.05, 0.1) is 11.1 Å². The van der Waals surface area contributed by atoms with Crippen molar-refractivity contribution >= 4 is 17.8 Å². The number of amides is 1. The van der Waals surface area contributed by atoms with E-state index >= 15 is 0 Å². The molecule has 0 aliphatic heterocycles. The number of hydrogen-bond acceptors (Lipinski definition) is 9. The van der Waals surface area contributed by atoms with Crippen LogP contribution in [0.1, 0.15) is 17.7 Å². The number of nitrogens with zero attached hydrogens (tertiary/aromatic N) is 3. The van der Waals surface area contributed by atoms with Crippen LogP contribution in [0, 0.1) is 10.1 Å². The molecule has 2 rings (SSSR count). The molecule has 1 amide bonds. The largest absolute Gasteiger partial charge is 0.507 e. The van der Waals surface area contributed by atoms with Crippen LogP contribution in [0.3, 0.4) is 0 Å². The average Bonchev–Trinajstić information content (AvgIpc) is 2.55. The Labute approximate surface area is 143 Å². The first-order chi connectivity index (χ1) is 12.3. The number of aromatic hydroxyl groups is 2. The Morgan fingerprint density at radius 2 is 2.08 bits per heavy atom. The first kappa shape index (κ1) is 18.3. The van der Waals surface area contributed by atoms with E-state index in [1.165, 1.54) is 0 Å². The zero-order valence-electron chi connectivity index (χ0n) is 12.9. The Hall–Kier alpha value is -4.03. The molecule has 136 valence electrons. The zero-order chi connectivity index (χ0) is 19.3. The smallest absolute Gasteiger partial charge is 0.342 e. The van der Waals surface area contributed by atoms with Gasteiger partial charge in [0.15, 0.2) is 5.75 Å². The highest BCUT2D eigenvalue weighted by Crippen LogP contribution is 2.31. The number of hydrazone groups is 1. The molecular formula is C13H12N6O7. The van der Waals surface area contributed by atoms with Crippen LogP contribution in [0.25, 0.3) is 0 Å². The van der Waals surface area contributed by atoms with Gasteiger partial charge in [-0.15, -0.1) is 0 Å². The van der Waals surface area contributed by atoms with Crippen molar-refractivity contribution in [2.24, 2.45) is 5.10 Å². The fraction of sp³-hybridized carbons (Fsp3) is 0.154. The quantitative estimate of drug-likeness (QED) is 0.240.